The van der Waals surface area contributed by atoms with Crippen LogP contribution in [0.2, 0.25) is 0 Å². The summed E-state index contributed by atoms with van der Waals surface area (Å²) in [7, 11) is 3.19. The molecule has 1 heterocycles. The fourth-order valence-corrected chi connectivity index (χ4v) is 3.42. The van der Waals surface area contributed by atoms with Crippen LogP contribution in [0.1, 0.15) is 32.2 Å². The third kappa shape index (κ3) is 5.23. The zero-order valence-corrected chi connectivity index (χ0v) is 18.7. The minimum atomic E-state index is -0.561. The highest BCUT2D eigenvalue weighted by molar-refractivity contribution is 5.81. The van der Waals surface area contributed by atoms with Crippen molar-refractivity contribution in [3.05, 3.63) is 64.2 Å². The maximum Gasteiger partial charge on any atom is 0.258 e. The molecule has 0 aliphatic carbocycles. The molecule has 0 atom stereocenters. The van der Waals surface area contributed by atoms with Crippen molar-refractivity contribution < 1.29 is 14.3 Å². The second kappa shape index (κ2) is 9.20. The molecule has 0 aliphatic heterocycles. The number of carbonyl (C=O) groups excluding carboxylic acids is 1. The molecule has 0 fully saturated rings. The summed E-state index contributed by atoms with van der Waals surface area (Å²) in [6, 6.07) is 12.9. The van der Waals surface area contributed by atoms with E-state index in [1.807, 2.05) is 45.0 Å². The van der Waals surface area contributed by atoms with Gasteiger partial charge in [0.1, 0.15) is 5.82 Å². The summed E-state index contributed by atoms with van der Waals surface area (Å²) in [5, 5.41) is 0.533. The van der Waals surface area contributed by atoms with Crippen molar-refractivity contribution in [1.29, 1.82) is 0 Å². The summed E-state index contributed by atoms with van der Waals surface area (Å²) < 4.78 is 10.7. The number of ether oxygens (including phenoxy) is 2. The molecule has 0 aliphatic rings. The average molecular weight is 424 g/mol. The van der Waals surface area contributed by atoms with Gasteiger partial charge in [0.05, 0.1) is 31.7 Å². The smallest absolute Gasteiger partial charge is 0.258 e. The first-order chi connectivity index (χ1) is 14.7. The highest BCUT2D eigenvalue weighted by Gasteiger charge is 2.28. The SMILES string of the molecule is COc1ccc(CCN(Cc2nc3ccccc3c(=O)[nH]2)C(=O)C(C)(C)C)cc1OC. The van der Waals surface area contributed by atoms with Crippen LogP contribution in [0.5, 0.6) is 11.5 Å². The zero-order valence-electron chi connectivity index (χ0n) is 18.7. The number of aromatic nitrogens is 2. The van der Waals surface area contributed by atoms with Crippen LogP contribution in [0.15, 0.2) is 47.3 Å². The van der Waals surface area contributed by atoms with E-state index in [2.05, 4.69) is 9.97 Å². The van der Waals surface area contributed by atoms with E-state index in [0.29, 0.717) is 41.2 Å². The van der Waals surface area contributed by atoms with Crippen molar-refractivity contribution in [1.82, 2.24) is 14.9 Å². The number of rotatable bonds is 7. The van der Waals surface area contributed by atoms with Gasteiger partial charge in [-0.25, -0.2) is 4.98 Å². The summed E-state index contributed by atoms with van der Waals surface area (Å²) in [6.07, 6.45) is 0.625. The molecule has 0 saturated heterocycles. The maximum absolute atomic E-state index is 13.1. The number of benzene rings is 2. The van der Waals surface area contributed by atoms with Crippen LogP contribution in [0.25, 0.3) is 10.9 Å². The van der Waals surface area contributed by atoms with Crippen LogP contribution in [0, 0.1) is 5.41 Å². The molecule has 1 amide bonds. The number of para-hydroxylation sites is 1. The van der Waals surface area contributed by atoms with Gasteiger partial charge in [0.25, 0.3) is 5.56 Å². The normalized spacial score (nSPS) is 11.4. The lowest BCUT2D eigenvalue weighted by atomic mass is 9.94. The summed E-state index contributed by atoms with van der Waals surface area (Å²) in [5.41, 5.74) is 0.867. The van der Waals surface area contributed by atoms with Gasteiger partial charge in [-0.3, -0.25) is 9.59 Å². The summed E-state index contributed by atoms with van der Waals surface area (Å²) in [4.78, 5) is 34.7. The van der Waals surface area contributed by atoms with Crippen LogP contribution in [-0.2, 0) is 17.8 Å². The van der Waals surface area contributed by atoms with Crippen molar-refractivity contribution in [2.45, 2.75) is 33.7 Å². The predicted octanol–water partition coefficient (Wildman–Crippen LogP) is 3.56. The minimum Gasteiger partial charge on any atom is -0.493 e. The van der Waals surface area contributed by atoms with Crippen LogP contribution in [0.3, 0.4) is 0 Å². The van der Waals surface area contributed by atoms with E-state index in [0.717, 1.165) is 5.56 Å². The Morgan fingerprint density at radius 2 is 1.77 bits per heavy atom. The van der Waals surface area contributed by atoms with E-state index >= 15 is 0 Å². The quantitative estimate of drug-likeness (QED) is 0.628. The van der Waals surface area contributed by atoms with E-state index in [-0.39, 0.29) is 18.0 Å². The monoisotopic (exact) mass is 423 g/mol. The van der Waals surface area contributed by atoms with Gasteiger partial charge in [0.15, 0.2) is 11.5 Å². The molecular formula is C24H29N3O4. The molecule has 0 saturated carbocycles. The number of hydrogen-bond donors (Lipinski definition) is 1. The molecule has 164 valence electrons. The Morgan fingerprint density at radius 3 is 2.45 bits per heavy atom. The molecule has 0 bridgehead atoms. The number of methoxy groups -OCH3 is 2. The lowest BCUT2D eigenvalue weighted by Crippen LogP contribution is -2.40. The molecular weight excluding hydrogens is 394 g/mol. The van der Waals surface area contributed by atoms with Crippen molar-refractivity contribution in [2.75, 3.05) is 20.8 Å². The van der Waals surface area contributed by atoms with Crippen LogP contribution < -0.4 is 15.0 Å². The number of amides is 1. The van der Waals surface area contributed by atoms with Crippen molar-refractivity contribution in [3.8, 4) is 11.5 Å². The number of carbonyl (C=O) groups is 1. The summed E-state index contributed by atoms with van der Waals surface area (Å²) in [6.45, 7) is 6.35. The maximum atomic E-state index is 13.1. The van der Waals surface area contributed by atoms with E-state index in [9.17, 15) is 9.59 Å². The van der Waals surface area contributed by atoms with Crippen LogP contribution in [-0.4, -0.2) is 41.5 Å². The molecule has 7 heteroatoms. The first kappa shape index (κ1) is 22.3. The fourth-order valence-electron chi connectivity index (χ4n) is 3.42. The van der Waals surface area contributed by atoms with Gasteiger partial charge in [-0.2, -0.15) is 0 Å². The first-order valence-electron chi connectivity index (χ1n) is 10.2. The standard InChI is InChI=1S/C24H29N3O4/c1-24(2,3)23(29)27(13-12-16-10-11-19(30-4)20(14-16)31-5)15-21-25-18-9-7-6-8-17(18)22(28)26-21/h6-11,14H,12-13,15H2,1-5H3,(H,25,26,28). The van der Waals surface area contributed by atoms with Crippen molar-refractivity contribution in [3.63, 3.8) is 0 Å². The minimum absolute atomic E-state index is 0.0104. The lowest BCUT2D eigenvalue weighted by molar-refractivity contribution is -0.140. The van der Waals surface area contributed by atoms with E-state index in [1.165, 1.54) is 0 Å². The Bertz CT molecular complexity index is 1130. The third-order valence-corrected chi connectivity index (χ3v) is 5.05. The van der Waals surface area contributed by atoms with Gasteiger partial charge >= 0.3 is 0 Å². The number of fused-ring (bicyclic) bond motifs is 1. The molecule has 3 aromatic rings. The van der Waals surface area contributed by atoms with E-state index < -0.39 is 5.41 Å². The Morgan fingerprint density at radius 1 is 1.06 bits per heavy atom. The molecule has 31 heavy (non-hydrogen) atoms. The average Bonchev–Trinajstić information content (AvgIpc) is 2.75. The Hall–Kier alpha value is -3.35. The van der Waals surface area contributed by atoms with Gasteiger partial charge in [-0.05, 0) is 36.2 Å². The molecule has 1 aromatic heterocycles. The van der Waals surface area contributed by atoms with Gasteiger partial charge < -0.3 is 19.4 Å². The zero-order chi connectivity index (χ0) is 22.6. The van der Waals surface area contributed by atoms with Gasteiger partial charge in [-0.15, -0.1) is 0 Å². The third-order valence-electron chi connectivity index (χ3n) is 5.05. The predicted molar refractivity (Wildman–Crippen MR) is 120 cm³/mol. The van der Waals surface area contributed by atoms with Crippen LogP contribution in [0.4, 0.5) is 0 Å². The molecule has 3 rings (SSSR count). The van der Waals surface area contributed by atoms with Gasteiger partial charge in [0, 0.05) is 12.0 Å². The molecule has 0 spiro atoms. The lowest BCUT2D eigenvalue weighted by Gasteiger charge is -2.29. The number of H-pyrrole nitrogens is 1. The highest BCUT2D eigenvalue weighted by atomic mass is 16.5. The molecule has 0 unspecified atom stereocenters. The van der Waals surface area contributed by atoms with E-state index in [4.69, 9.17) is 9.47 Å². The second-order valence-corrected chi connectivity index (χ2v) is 8.45. The highest BCUT2D eigenvalue weighted by Crippen LogP contribution is 2.28. The number of aromatic amines is 1. The van der Waals surface area contributed by atoms with Crippen LogP contribution >= 0.6 is 0 Å². The Kier molecular flexibility index (Phi) is 6.63. The second-order valence-electron chi connectivity index (χ2n) is 8.45. The first-order valence-corrected chi connectivity index (χ1v) is 10.2. The molecule has 0 radical (unpaired) electrons. The van der Waals surface area contributed by atoms with E-state index in [1.54, 1.807) is 37.3 Å². The van der Waals surface area contributed by atoms with Gasteiger partial charge in [0.2, 0.25) is 5.91 Å². The molecule has 7 nitrogen and oxygen atoms in total. The number of nitrogens with one attached hydrogen (secondary N) is 1. The Balaban J connectivity index is 1.86. The molecule has 1 N–H and O–H groups in total. The summed E-state index contributed by atoms with van der Waals surface area (Å²) >= 11 is 0. The topological polar surface area (TPSA) is 84.5 Å². The van der Waals surface area contributed by atoms with Crippen molar-refractivity contribution in [2.24, 2.45) is 5.41 Å². The fraction of sp³-hybridized carbons (Fsp3) is 0.375. The number of hydrogen-bond acceptors (Lipinski definition) is 5. The molecule has 2 aromatic carbocycles. The Labute approximate surface area is 182 Å². The summed E-state index contributed by atoms with van der Waals surface area (Å²) in [5.74, 6) is 1.76. The number of nitrogens with zero attached hydrogens (tertiary/aromatic N) is 2. The largest absolute Gasteiger partial charge is 0.493 e. The van der Waals surface area contributed by atoms with Crippen molar-refractivity contribution >= 4 is 16.8 Å². The van der Waals surface area contributed by atoms with Gasteiger partial charge in [-0.1, -0.05) is 39.0 Å².